The Balaban J connectivity index is 0.998. The van der Waals surface area contributed by atoms with Crippen LogP contribution in [0.3, 0.4) is 0 Å². The summed E-state index contributed by atoms with van der Waals surface area (Å²) in [7, 11) is 0. The number of rotatable bonds is 6. The zero-order valence-corrected chi connectivity index (χ0v) is 30.9. The first-order valence-electron chi connectivity index (χ1n) is 19.3. The van der Waals surface area contributed by atoms with Crippen molar-refractivity contribution in [3.05, 3.63) is 206 Å². The Bertz CT molecular complexity index is 3220. The summed E-state index contributed by atoms with van der Waals surface area (Å²) in [5.41, 5.74) is 11.0. The zero-order chi connectivity index (χ0) is 37.7. The Labute approximate surface area is 330 Å². The van der Waals surface area contributed by atoms with Crippen LogP contribution in [-0.4, -0.2) is 19.5 Å². The number of fused-ring (bicyclic) bond motifs is 5. The Morgan fingerprint density at radius 2 is 0.789 bits per heavy atom. The van der Waals surface area contributed by atoms with E-state index in [1.54, 1.807) is 0 Å². The monoisotopic (exact) mass is 726 g/mol. The SMILES string of the molecule is c1ccc(-c2nc(-c3ccc4cc(-c5ccc(-n6c7ccccc7c7ccccc76)cc5)ccc4c3)nc(-c3c(-c4ccccc4)ccc4ccccc34)n2)cc1. The lowest BCUT2D eigenvalue weighted by Crippen LogP contribution is -2.01. The van der Waals surface area contributed by atoms with E-state index in [1.165, 1.54) is 32.9 Å². The molecule has 266 valence electrons. The molecule has 9 aromatic carbocycles. The third-order valence-electron chi connectivity index (χ3n) is 11.0. The van der Waals surface area contributed by atoms with Gasteiger partial charge in [-0.25, -0.2) is 15.0 Å². The normalized spacial score (nSPS) is 11.5. The second kappa shape index (κ2) is 13.6. The smallest absolute Gasteiger partial charge is 0.165 e. The van der Waals surface area contributed by atoms with Crippen LogP contribution in [0.5, 0.6) is 0 Å². The lowest BCUT2D eigenvalue weighted by atomic mass is 9.93. The molecule has 0 amide bonds. The van der Waals surface area contributed by atoms with Crippen molar-refractivity contribution in [3.8, 4) is 62.1 Å². The van der Waals surface area contributed by atoms with E-state index in [2.05, 4.69) is 187 Å². The predicted molar refractivity (Wildman–Crippen MR) is 236 cm³/mol. The summed E-state index contributed by atoms with van der Waals surface area (Å²) in [6.45, 7) is 0. The predicted octanol–water partition coefficient (Wildman–Crippen LogP) is 13.6. The highest BCUT2D eigenvalue weighted by atomic mass is 15.0. The molecule has 0 N–H and O–H groups in total. The zero-order valence-electron chi connectivity index (χ0n) is 30.9. The minimum absolute atomic E-state index is 0.637. The average molecular weight is 727 g/mol. The third-order valence-corrected chi connectivity index (χ3v) is 11.0. The highest BCUT2D eigenvalue weighted by Gasteiger charge is 2.19. The molecule has 0 atom stereocenters. The molecule has 11 rings (SSSR count). The molecule has 0 spiro atoms. The molecule has 0 bridgehead atoms. The number of hydrogen-bond donors (Lipinski definition) is 0. The van der Waals surface area contributed by atoms with Crippen molar-refractivity contribution < 1.29 is 0 Å². The van der Waals surface area contributed by atoms with Crippen LogP contribution in [-0.2, 0) is 0 Å². The molecule has 0 aliphatic carbocycles. The lowest BCUT2D eigenvalue weighted by molar-refractivity contribution is 1.08. The topological polar surface area (TPSA) is 43.6 Å². The van der Waals surface area contributed by atoms with Crippen LogP contribution in [0, 0.1) is 0 Å². The highest BCUT2D eigenvalue weighted by Crippen LogP contribution is 2.39. The van der Waals surface area contributed by atoms with E-state index in [1.807, 2.05) is 24.3 Å². The van der Waals surface area contributed by atoms with Crippen molar-refractivity contribution in [2.45, 2.75) is 0 Å². The van der Waals surface area contributed by atoms with Crippen molar-refractivity contribution >= 4 is 43.4 Å². The van der Waals surface area contributed by atoms with Crippen LogP contribution in [0.2, 0.25) is 0 Å². The van der Waals surface area contributed by atoms with Crippen LogP contribution in [0.1, 0.15) is 0 Å². The molecule has 0 saturated heterocycles. The van der Waals surface area contributed by atoms with E-state index in [9.17, 15) is 0 Å². The molecule has 0 fully saturated rings. The van der Waals surface area contributed by atoms with Crippen molar-refractivity contribution in [2.24, 2.45) is 0 Å². The quantitative estimate of drug-likeness (QED) is 0.171. The molecule has 4 nitrogen and oxygen atoms in total. The highest BCUT2D eigenvalue weighted by molar-refractivity contribution is 6.09. The van der Waals surface area contributed by atoms with Gasteiger partial charge < -0.3 is 4.57 Å². The van der Waals surface area contributed by atoms with Crippen molar-refractivity contribution in [1.29, 1.82) is 0 Å². The van der Waals surface area contributed by atoms with Gasteiger partial charge in [-0.05, 0) is 80.2 Å². The molecule has 0 unspecified atom stereocenters. The fourth-order valence-corrected chi connectivity index (χ4v) is 8.27. The van der Waals surface area contributed by atoms with Gasteiger partial charge in [-0.2, -0.15) is 0 Å². The number of aromatic nitrogens is 4. The minimum atomic E-state index is 0.637. The Hall–Kier alpha value is -7.69. The fraction of sp³-hybridized carbons (Fsp3) is 0. The van der Waals surface area contributed by atoms with Gasteiger partial charge in [-0.15, -0.1) is 0 Å². The molecule has 0 aliphatic heterocycles. The first-order valence-corrected chi connectivity index (χ1v) is 19.3. The standard InChI is InChI=1S/C53H34N4/c1-3-13-36(14-4-1)45-32-29-37-15-7-8-18-44(37)50(45)53-55-51(38-16-5-2-6-17-38)54-52(56-53)42-26-25-40-33-39(23-24-41(40)34-42)35-27-30-43(31-28-35)57-48-21-11-9-19-46(48)47-20-10-12-22-49(47)57/h1-34H. The van der Waals surface area contributed by atoms with Crippen molar-refractivity contribution in [2.75, 3.05) is 0 Å². The van der Waals surface area contributed by atoms with Gasteiger partial charge in [0, 0.05) is 33.2 Å². The van der Waals surface area contributed by atoms with Crippen LogP contribution in [0.4, 0.5) is 0 Å². The van der Waals surface area contributed by atoms with Gasteiger partial charge in [-0.3, -0.25) is 0 Å². The van der Waals surface area contributed by atoms with Gasteiger partial charge in [0.2, 0.25) is 0 Å². The summed E-state index contributed by atoms with van der Waals surface area (Å²) in [5, 5.41) is 7.04. The fourth-order valence-electron chi connectivity index (χ4n) is 8.27. The second-order valence-corrected chi connectivity index (χ2v) is 14.4. The number of para-hydroxylation sites is 2. The maximum atomic E-state index is 5.25. The Morgan fingerprint density at radius 1 is 0.298 bits per heavy atom. The average Bonchev–Trinajstić information content (AvgIpc) is 3.63. The molecular formula is C53H34N4. The van der Waals surface area contributed by atoms with Crippen molar-refractivity contribution in [3.63, 3.8) is 0 Å². The van der Waals surface area contributed by atoms with E-state index in [-0.39, 0.29) is 0 Å². The number of hydrogen-bond acceptors (Lipinski definition) is 3. The van der Waals surface area contributed by atoms with Gasteiger partial charge in [0.15, 0.2) is 17.5 Å². The lowest BCUT2D eigenvalue weighted by Gasteiger charge is -2.15. The van der Waals surface area contributed by atoms with E-state index in [4.69, 9.17) is 15.0 Å². The molecule has 2 aromatic heterocycles. The van der Waals surface area contributed by atoms with Crippen LogP contribution in [0.15, 0.2) is 206 Å². The molecule has 11 aromatic rings. The summed E-state index contributed by atoms with van der Waals surface area (Å²) in [6, 6.07) is 72.8. The minimum Gasteiger partial charge on any atom is -0.309 e. The van der Waals surface area contributed by atoms with E-state index >= 15 is 0 Å². The third kappa shape index (κ3) is 5.74. The molecular weight excluding hydrogens is 693 g/mol. The van der Waals surface area contributed by atoms with Crippen LogP contribution < -0.4 is 0 Å². The van der Waals surface area contributed by atoms with Gasteiger partial charge >= 0.3 is 0 Å². The summed E-state index contributed by atoms with van der Waals surface area (Å²) in [6.07, 6.45) is 0. The molecule has 0 radical (unpaired) electrons. The van der Waals surface area contributed by atoms with Gasteiger partial charge in [0.25, 0.3) is 0 Å². The largest absolute Gasteiger partial charge is 0.309 e. The van der Waals surface area contributed by atoms with E-state index in [0.717, 1.165) is 55.0 Å². The first kappa shape index (κ1) is 32.7. The molecule has 0 aliphatic rings. The van der Waals surface area contributed by atoms with Crippen LogP contribution in [0.25, 0.3) is 105 Å². The van der Waals surface area contributed by atoms with Gasteiger partial charge in [0.05, 0.1) is 11.0 Å². The Kier molecular flexibility index (Phi) is 7.78. The number of nitrogens with zero attached hydrogens (tertiary/aromatic N) is 4. The number of benzene rings is 9. The Morgan fingerprint density at radius 3 is 1.47 bits per heavy atom. The first-order chi connectivity index (χ1) is 28.2. The summed E-state index contributed by atoms with van der Waals surface area (Å²) in [4.78, 5) is 15.5. The summed E-state index contributed by atoms with van der Waals surface area (Å²) >= 11 is 0. The molecule has 0 saturated carbocycles. The maximum absolute atomic E-state index is 5.25. The summed E-state index contributed by atoms with van der Waals surface area (Å²) < 4.78 is 2.36. The van der Waals surface area contributed by atoms with E-state index in [0.29, 0.717) is 17.5 Å². The molecule has 57 heavy (non-hydrogen) atoms. The van der Waals surface area contributed by atoms with Gasteiger partial charge in [0.1, 0.15) is 0 Å². The van der Waals surface area contributed by atoms with Crippen LogP contribution >= 0.6 is 0 Å². The van der Waals surface area contributed by atoms with E-state index < -0.39 is 0 Å². The van der Waals surface area contributed by atoms with Crippen molar-refractivity contribution in [1.82, 2.24) is 19.5 Å². The second-order valence-electron chi connectivity index (χ2n) is 14.4. The molecule has 4 heteroatoms. The summed E-state index contributed by atoms with van der Waals surface area (Å²) in [5.74, 6) is 1.93. The molecule has 2 heterocycles. The van der Waals surface area contributed by atoms with Gasteiger partial charge in [-0.1, -0.05) is 170 Å². The maximum Gasteiger partial charge on any atom is 0.165 e.